The van der Waals surface area contributed by atoms with Gasteiger partial charge in [0.1, 0.15) is 0 Å². The maximum atomic E-state index is 12.9. The van der Waals surface area contributed by atoms with Crippen molar-refractivity contribution >= 4 is 0 Å². The Balaban J connectivity index is 5.65. The van der Waals surface area contributed by atoms with Gasteiger partial charge >= 0.3 is 24.7 Å². The van der Waals surface area contributed by atoms with E-state index in [0.29, 0.717) is 19.3 Å². The summed E-state index contributed by atoms with van der Waals surface area (Å²) in [7, 11) is 0. The average Bonchev–Trinajstić information content (AvgIpc) is 2.39. The van der Waals surface area contributed by atoms with Gasteiger partial charge in [0.2, 0.25) is 0 Å². The third kappa shape index (κ3) is 9.11. The van der Waals surface area contributed by atoms with Crippen LogP contribution in [0.5, 0.6) is 0 Å². The van der Waals surface area contributed by atoms with Gasteiger partial charge in [-0.25, -0.2) is 0 Å². The predicted octanol–water partition coefficient (Wildman–Crippen LogP) is 8.22. The molecule has 0 aliphatic carbocycles. The normalized spacial score (nSPS) is 14.6. The average molecular weight is 442 g/mol. The van der Waals surface area contributed by atoms with Crippen LogP contribution in [0.25, 0.3) is 0 Å². The minimum atomic E-state index is -6.29. The van der Waals surface area contributed by atoms with E-state index in [9.17, 15) is 52.7 Å². The molecule has 0 aliphatic heterocycles. The first-order chi connectivity index (χ1) is 12.4. The highest BCUT2D eigenvalue weighted by Gasteiger charge is 2.69. The molecule has 12 heteroatoms. The molecule has 0 saturated carbocycles. The highest BCUT2D eigenvalue weighted by Crippen LogP contribution is 2.54. The lowest BCUT2D eigenvalue weighted by atomic mass is 9.76. The van der Waals surface area contributed by atoms with Gasteiger partial charge in [0.05, 0.1) is 0 Å². The monoisotopic (exact) mass is 442 g/mol. The Bertz CT molecular complexity index is 369. The van der Waals surface area contributed by atoms with Crippen molar-refractivity contribution < 1.29 is 52.7 Å². The van der Waals surface area contributed by atoms with Crippen molar-refractivity contribution in [2.24, 2.45) is 17.8 Å². The van der Waals surface area contributed by atoms with Crippen LogP contribution < -0.4 is 0 Å². The Morgan fingerprint density at radius 1 is 0.464 bits per heavy atom. The van der Waals surface area contributed by atoms with Crippen molar-refractivity contribution in [3.63, 3.8) is 0 Å². The first-order valence-corrected chi connectivity index (χ1v) is 8.70. The molecule has 0 rings (SSSR count). The molecule has 0 heterocycles. The quantitative estimate of drug-likeness (QED) is 0.236. The van der Waals surface area contributed by atoms with E-state index in [1.807, 2.05) is 6.92 Å². The number of hydrogen-bond acceptors (Lipinski definition) is 0. The van der Waals surface area contributed by atoms with Crippen molar-refractivity contribution in [1.29, 1.82) is 0 Å². The van der Waals surface area contributed by atoms with E-state index in [0.717, 1.165) is 12.8 Å². The van der Waals surface area contributed by atoms with Crippen LogP contribution in [0, 0.1) is 17.8 Å². The van der Waals surface area contributed by atoms with E-state index in [1.54, 1.807) is 0 Å². The van der Waals surface area contributed by atoms with Crippen LogP contribution in [0.3, 0.4) is 0 Å². The molecule has 0 amide bonds. The highest BCUT2D eigenvalue weighted by atomic mass is 19.4. The summed E-state index contributed by atoms with van der Waals surface area (Å²) >= 11 is 0. The van der Waals surface area contributed by atoms with Gasteiger partial charge < -0.3 is 0 Å². The molecular formula is C16H22F12. The summed E-state index contributed by atoms with van der Waals surface area (Å²) in [6.07, 6.45) is -24.1. The summed E-state index contributed by atoms with van der Waals surface area (Å²) in [6, 6.07) is 0. The molecule has 0 N–H and O–H groups in total. The number of unbranched alkanes of at least 4 members (excludes halogenated alkanes) is 6. The molecule has 0 aromatic heterocycles. The second kappa shape index (κ2) is 10.3. The molecule has 0 aromatic carbocycles. The Labute approximate surface area is 154 Å². The highest BCUT2D eigenvalue weighted by molar-refractivity contribution is 4.92. The summed E-state index contributed by atoms with van der Waals surface area (Å²) in [5, 5.41) is 0. The van der Waals surface area contributed by atoms with Gasteiger partial charge in [0, 0.05) is 0 Å². The molecule has 0 fully saturated rings. The maximum absolute atomic E-state index is 12.9. The smallest absolute Gasteiger partial charge is 0.170 e. The fraction of sp³-hybridized carbons (Fsp3) is 1.00. The van der Waals surface area contributed by atoms with Crippen molar-refractivity contribution in [2.75, 3.05) is 0 Å². The molecule has 0 spiro atoms. The topological polar surface area (TPSA) is 0 Å². The molecule has 0 atom stereocenters. The van der Waals surface area contributed by atoms with E-state index < -0.39 is 55.3 Å². The Morgan fingerprint density at radius 3 is 1.04 bits per heavy atom. The standard InChI is InChI=1S/C16H22F12/c1-2-3-4-5-6-7-8-9-10(11(13(17,18)19)14(20,21)22)12(15(23,24)25)16(26,27)28/h10-12H,2-9H2,1H3. The second-order valence-corrected chi connectivity index (χ2v) is 6.70. The minimum Gasteiger partial charge on any atom is -0.170 e. The molecule has 0 radical (unpaired) electrons. The molecular weight excluding hydrogens is 420 g/mol. The fourth-order valence-corrected chi connectivity index (χ4v) is 3.21. The molecule has 0 saturated heterocycles. The number of hydrogen-bond donors (Lipinski definition) is 0. The molecule has 0 aliphatic rings. The van der Waals surface area contributed by atoms with Crippen LogP contribution in [-0.2, 0) is 0 Å². The number of alkyl halides is 12. The van der Waals surface area contributed by atoms with Crippen LogP contribution in [0.15, 0.2) is 0 Å². The minimum absolute atomic E-state index is 0.0505. The Hall–Kier alpha value is -0.840. The predicted molar refractivity (Wildman–Crippen MR) is 77.3 cm³/mol. The lowest BCUT2D eigenvalue weighted by Gasteiger charge is -2.37. The maximum Gasteiger partial charge on any atom is 0.400 e. The summed E-state index contributed by atoms with van der Waals surface area (Å²) < 4.78 is 154. The molecule has 0 aromatic rings. The summed E-state index contributed by atoms with van der Waals surface area (Å²) in [5.41, 5.74) is 0. The van der Waals surface area contributed by atoms with Crippen LogP contribution >= 0.6 is 0 Å². The zero-order chi connectivity index (χ0) is 22.4. The number of halogens is 12. The lowest BCUT2D eigenvalue weighted by Crippen LogP contribution is -2.52. The van der Waals surface area contributed by atoms with E-state index >= 15 is 0 Å². The SMILES string of the molecule is CCCCCCCCCC(C(C(F)(F)F)C(F)(F)F)C(C(F)(F)F)C(F)(F)F. The molecule has 170 valence electrons. The fourth-order valence-electron chi connectivity index (χ4n) is 3.21. The molecule has 0 bridgehead atoms. The van der Waals surface area contributed by atoms with E-state index in [1.165, 1.54) is 0 Å². The number of rotatable bonds is 10. The van der Waals surface area contributed by atoms with Crippen LogP contribution in [0.1, 0.15) is 58.3 Å². The van der Waals surface area contributed by atoms with Gasteiger partial charge in [-0.05, 0) is 12.3 Å². The first-order valence-electron chi connectivity index (χ1n) is 8.70. The van der Waals surface area contributed by atoms with Crippen LogP contribution in [0.2, 0.25) is 0 Å². The summed E-state index contributed by atoms with van der Waals surface area (Å²) in [6.45, 7) is 1.88. The lowest BCUT2D eigenvalue weighted by molar-refractivity contribution is -0.348. The van der Waals surface area contributed by atoms with E-state index in [-0.39, 0.29) is 6.42 Å². The van der Waals surface area contributed by atoms with Gasteiger partial charge in [0.25, 0.3) is 0 Å². The van der Waals surface area contributed by atoms with E-state index in [4.69, 9.17) is 0 Å². The zero-order valence-corrected chi connectivity index (χ0v) is 14.9. The van der Waals surface area contributed by atoms with Gasteiger partial charge in [-0.3, -0.25) is 0 Å². The van der Waals surface area contributed by atoms with Gasteiger partial charge in [0.15, 0.2) is 11.8 Å². The van der Waals surface area contributed by atoms with Crippen molar-refractivity contribution in [2.45, 2.75) is 83.0 Å². The van der Waals surface area contributed by atoms with Gasteiger partial charge in [-0.1, -0.05) is 51.9 Å². The van der Waals surface area contributed by atoms with Crippen molar-refractivity contribution in [3.05, 3.63) is 0 Å². The van der Waals surface area contributed by atoms with Crippen LogP contribution in [-0.4, -0.2) is 24.7 Å². The van der Waals surface area contributed by atoms with E-state index in [2.05, 4.69) is 0 Å². The summed E-state index contributed by atoms with van der Waals surface area (Å²) in [5.74, 6) is -13.2. The third-order valence-corrected chi connectivity index (χ3v) is 4.41. The van der Waals surface area contributed by atoms with Crippen molar-refractivity contribution in [1.82, 2.24) is 0 Å². The molecule has 0 nitrogen and oxygen atoms in total. The molecule has 0 unspecified atom stereocenters. The molecule has 28 heavy (non-hydrogen) atoms. The third-order valence-electron chi connectivity index (χ3n) is 4.41. The van der Waals surface area contributed by atoms with Crippen LogP contribution in [0.4, 0.5) is 52.7 Å². The summed E-state index contributed by atoms with van der Waals surface area (Å²) in [4.78, 5) is 0. The zero-order valence-electron chi connectivity index (χ0n) is 14.9. The Kier molecular flexibility index (Phi) is 9.96. The van der Waals surface area contributed by atoms with Gasteiger partial charge in [-0.15, -0.1) is 0 Å². The largest absolute Gasteiger partial charge is 0.400 e. The first kappa shape index (κ1) is 27.2. The van der Waals surface area contributed by atoms with Gasteiger partial charge in [-0.2, -0.15) is 52.7 Å². The second-order valence-electron chi connectivity index (χ2n) is 6.70. The van der Waals surface area contributed by atoms with Crippen molar-refractivity contribution in [3.8, 4) is 0 Å². The Morgan fingerprint density at radius 2 is 0.750 bits per heavy atom.